The number of aromatic nitrogens is 1. The number of sulfonamides is 1. The highest BCUT2D eigenvalue weighted by Crippen LogP contribution is 2.10. The summed E-state index contributed by atoms with van der Waals surface area (Å²) in [5, 5.41) is 1.61. The molecule has 1 fully saturated rings. The van der Waals surface area contributed by atoms with Crippen molar-refractivity contribution in [1.29, 1.82) is 0 Å². The molecule has 0 saturated carbocycles. The van der Waals surface area contributed by atoms with Crippen LogP contribution in [0.1, 0.15) is 0 Å². The molecule has 94 valence electrons. The summed E-state index contributed by atoms with van der Waals surface area (Å²) < 4.78 is 29.1. The molecule has 0 unspecified atom stereocenters. The van der Waals surface area contributed by atoms with Crippen LogP contribution in [0.2, 0.25) is 0 Å². The van der Waals surface area contributed by atoms with Gasteiger partial charge in [-0.05, 0) is 6.07 Å². The zero-order valence-electron chi connectivity index (χ0n) is 9.17. The lowest BCUT2D eigenvalue weighted by Crippen LogP contribution is -2.48. The maximum absolute atomic E-state index is 12.0. The Morgan fingerprint density at radius 1 is 1.41 bits per heavy atom. The highest BCUT2D eigenvalue weighted by Gasteiger charge is 2.20. The molecule has 0 bridgehead atoms. The van der Waals surface area contributed by atoms with E-state index < -0.39 is 10.0 Å². The molecule has 1 aromatic rings. The quantitative estimate of drug-likeness (QED) is 0.736. The van der Waals surface area contributed by atoms with Gasteiger partial charge in [0.2, 0.25) is 0 Å². The molecule has 1 aliphatic rings. The molecule has 17 heavy (non-hydrogen) atoms. The first-order chi connectivity index (χ1) is 8.08. The van der Waals surface area contributed by atoms with E-state index >= 15 is 0 Å². The molecule has 1 aromatic heterocycles. The fourth-order valence-electron chi connectivity index (χ4n) is 1.47. The molecule has 0 atom stereocenters. The highest BCUT2D eigenvalue weighted by atomic mass is 32.2. The van der Waals surface area contributed by atoms with Gasteiger partial charge in [-0.25, -0.2) is 18.4 Å². The second kappa shape index (κ2) is 4.96. The molecule has 8 heteroatoms. The number of nitrogens with one attached hydrogen (secondary N) is 1. The number of nitrogens with zero attached hydrogens (tertiary/aromatic N) is 2. The lowest BCUT2D eigenvalue weighted by Gasteiger charge is -2.26. The molecule has 0 aliphatic carbocycles. The van der Waals surface area contributed by atoms with Crippen LogP contribution in [-0.4, -0.2) is 44.7 Å². The topological polar surface area (TPSA) is 97.5 Å². The van der Waals surface area contributed by atoms with Crippen LogP contribution in [0.15, 0.2) is 23.2 Å². The number of hydrogen-bond donors (Lipinski definition) is 2. The van der Waals surface area contributed by atoms with Crippen molar-refractivity contribution in [3.8, 4) is 0 Å². The first-order valence-corrected chi connectivity index (χ1v) is 6.63. The zero-order chi connectivity index (χ0) is 12.3. The van der Waals surface area contributed by atoms with E-state index in [0.29, 0.717) is 26.3 Å². The number of hydrogen-bond acceptors (Lipinski definition) is 6. The van der Waals surface area contributed by atoms with Crippen molar-refractivity contribution in [2.24, 2.45) is 0 Å². The number of nitrogens with two attached hydrogens (primary N) is 1. The van der Waals surface area contributed by atoms with Crippen LogP contribution in [0.5, 0.6) is 0 Å². The molecule has 3 N–H and O–H groups in total. The van der Waals surface area contributed by atoms with Gasteiger partial charge >= 0.3 is 0 Å². The van der Waals surface area contributed by atoms with Gasteiger partial charge in [0, 0.05) is 25.4 Å². The molecule has 1 aliphatic heterocycles. The van der Waals surface area contributed by atoms with Gasteiger partial charge in [0.25, 0.3) is 10.0 Å². The zero-order valence-corrected chi connectivity index (χ0v) is 9.98. The van der Waals surface area contributed by atoms with Crippen LogP contribution >= 0.6 is 0 Å². The number of ether oxygens (including phenoxy) is 1. The number of rotatable bonds is 3. The monoisotopic (exact) mass is 258 g/mol. The van der Waals surface area contributed by atoms with Gasteiger partial charge in [0.15, 0.2) is 0 Å². The van der Waals surface area contributed by atoms with E-state index in [0.717, 1.165) is 0 Å². The van der Waals surface area contributed by atoms with Gasteiger partial charge in [-0.1, -0.05) is 0 Å². The van der Waals surface area contributed by atoms with Crippen molar-refractivity contribution in [3.05, 3.63) is 18.3 Å². The third kappa shape index (κ3) is 3.13. The molecule has 0 radical (unpaired) electrons. The largest absolute Gasteiger partial charge is 0.384 e. The van der Waals surface area contributed by atoms with E-state index in [1.807, 2.05) is 0 Å². The minimum absolute atomic E-state index is 0.108. The smallest absolute Gasteiger partial charge is 0.253 e. The molecule has 7 nitrogen and oxygen atoms in total. The van der Waals surface area contributed by atoms with Crippen LogP contribution in [0, 0.1) is 0 Å². The van der Waals surface area contributed by atoms with E-state index in [-0.39, 0.29) is 10.7 Å². The fraction of sp³-hybridized carbons (Fsp3) is 0.444. The second-order valence-corrected chi connectivity index (χ2v) is 5.27. The summed E-state index contributed by atoms with van der Waals surface area (Å²) in [6, 6.07) is 2.72. The molecule has 0 amide bonds. The Morgan fingerprint density at radius 2 is 2.12 bits per heavy atom. The number of anilines is 1. The van der Waals surface area contributed by atoms with Gasteiger partial charge < -0.3 is 10.5 Å². The van der Waals surface area contributed by atoms with Crippen molar-refractivity contribution >= 4 is 15.8 Å². The standard InChI is InChI=1S/C9H14N4O3S/c10-9-7-8(1-2-11-9)17(14,15)12-13-3-5-16-6-4-13/h1-2,7,12H,3-6H2,(H2,10,11). The van der Waals surface area contributed by atoms with Crippen molar-refractivity contribution in [1.82, 2.24) is 14.8 Å². The minimum Gasteiger partial charge on any atom is -0.384 e. The predicted octanol–water partition coefficient (Wildman–Crippen LogP) is -0.811. The average molecular weight is 258 g/mol. The minimum atomic E-state index is -3.58. The Labute approximate surface area is 99.6 Å². The highest BCUT2D eigenvalue weighted by molar-refractivity contribution is 7.89. The molecule has 2 rings (SSSR count). The van der Waals surface area contributed by atoms with Crippen LogP contribution in [-0.2, 0) is 14.8 Å². The Bertz CT molecular complexity index is 485. The van der Waals surface area contributed by atoms with Crippen LogP contribution < -0.4 is 10.6 Å². The van der Waals surface area contributed by atoms with E-state index in [1.165, 1.54) is 18.3 Å². The van der Waals surface area contributed by atoms with Crippen molar-refractivity contribution in [2.45, 2.75) is 4.90 Å². The summed E-state index contributed by atoms with van der Waals surface area (Å²) in [6.07, 6.45) is 1.36. The normalized spacial score (nSPS) is 18.1. The molecule has 0 spiro atoms. The maximum Gasteiger partial charge on any atom is 0.253 e. The predicted molar refractivity (Wildman–Crippen MR) is 61.4 cm³/mol. The SMILES string of the molecule is Nc1cc(S(=O)(=O)NN2CCOCC2)ccn1. The molecule has 2 heterocycles. The Hall–Kier alpha value is -1.22. The van der Waals surface area contributed by atoms with E-state index in [2.05, 4.69) is 9.82 Å². The Morgan fingerprint density at radius 3 is 2.76 bits per heavy atom. The van der Waals surface area contributed by atoms with Crippen molar-refractivity contribution < 1.29 is 13.2 Å². The first-order valence-electron chi connectivity index (χ1n) is 5.14. The third-order valence-electron chi connectivity index (χ3n) is 2.32. The number of morpholine rings is 1. The average Bonchev–Trinajstić information content (AvgIpc) is 2.30. The van der Waals surface area contributed by atoms with Crippen LogP contribution in [0.4, 0.5) is 5.82 Å². The fourth-order valence-corrected chi connectivity index (χ4v) is 2.62. The molecule has 0 aromatic carbocycles. The van der Waals surface area contributed by atoms with E-state index in [9.17, 15) is 8.42 Å². The summed E-state index contributed by atoms with van der Waals surface area (Å²) in [5.74, 6) is 0.176. The molecular weight excluding hydrogens is 244 g/mol. The van der Waals surface area contributed by atoms with Crippen LogP contribution in [0.25, 0.3) is 0 Å². The van der Waals surface area contributed by atoms with Gasteiger partial charge in [-0.3, -0.25) is 0 Å². The van der Waals surface area contributed by atoms with E-state index in [4.69, 9.17) is 10.5 Å². The first kappa shape index (κ1) is 12.2. The van der Waals surface area contributed by atoms with Crippen molar-refractivity contribution in [3.63, 3.8) is 0 Å². The van der Waals surface area contributed by atoms with Gasteiger partial charge in [0.1, 0.15) is 5.82 Å². The molecular formula is C9H14N4O3S. The summed E-state index contributed by atoms with van der Waals surface area (Å²) in [6.45, 7) is 2.08. The molecule has 1 saturated heterocycles. The number of pyridine rings is 1. The number of nitrogen functional groups attached to an aromatic ring is 1. The summed E-state index contributed by atoms with van der Waals surface area (Å²) >= 11 is 0. The lowest BCUT2D eigenvalue weighted by atomic mass is 10.5. The Balaban J connectivity index is 2.13. The van der Waals surface area contributed by atoms with Gasteiger partial charge in [-0.2, -0.15) is 0 Å². The summed E-state index contributed by atoms with van der Waals surface area (Å²) in [7, 11) is -3.58. The van der Waals surface area contributed by atoms with Gasteiger partial charge in [0.05, 0.1) is 18.1 Å². The Kier molecular flexibility index (Phi) is 3.57. The van der Waals surface area contributed by atoms with Gasteiger partial charge in [-0.15, -0.1) is 4.83 Å². The second-order valence-electron chi connectivity index (χ2n) is 3.61. The summed E-state index contributed by atoms with van der Waals surface area (Å²) in [5.41, 5.74) is 5.45. The van der Waals surface area contributed by atoms with E-state index in [1.54, 1.807) is 5.01 Å². The number of hydrazine groups is 1. The lowest BCUT2D eigenvalue weighted by molar-refractivity contribution is 0.0272. The van der Waals surface area contributed by atoms with Crippen molar-refractivity contribution in [2.75, 3.05) is 32.0 Å². The third-order valence-corrected chi connectivity index (χ3v) is 3.70. The summed E-state index contributed by atoms with van der Waals surface area (Å²) in [4.78, 5) is 6.34. The maximum atomic E-state index is 12.0. The van der Waals surface area contributed by atoms with Crippen LogP contribution in [0.3, 0.4) is 0 Å².